The monoisotopic (exact) mass is 381 g/mol. The first kappa shape index (κ1) is 22.6. The highest BCUT2D eigenvalue weighted by Crippen LogP contribution is 2.25. The molecule has 0 aliphatic carbocycles. The van der Waals surface area contributed by atoms with Crippen molar-refractivity contribution in [3.63, 3.8) is 0 Å². The second-order valence-electron chi connectivity index (χ2n) is 6.15. The molecule has 0 radical (unpaired) electrons. The van der Waals surface area contributed by atoms with Gasteiger partial charge in [0.25, 0.3) is 0 Å². The van der Waals surface area contributed by atoms with Crippen LogP contribution in [0.5, 0.6) is 0 Å². The number of nitroso groups, excluding NO2 is 1. The van der Waals surface area contributed by atoms with Crippen LogP contribution in [-0.2, 0) is 16.0 Å². The van der Waals surface area contributed by atoms with Gasteiger partial charge in [-0.25, -0.2) is 13.8 Å². The number of hydrazine groups is 1. The summed E-state index contributed by atoms with van der Waals surface area (Å²) >= 11 is 0. The lowest BCUT2D eigenvalue weighted by Crippen LogP contribution is -2.46. The van der Waals surface area contributed by atoms with Gasteiger partial charge in [-0.15, -0.1) is 4.91 Å². The van der Waals surface area contributed by atoms with Crippen LogP contribution in [0.25, 0.3) is 0 Å². The van der Waals surface area contributed by atoms with Crippen molar-refractivity contribution in [2.75, 3.05) is 6.54 Å². The maximum absolute atomic E-state index is 14.1. The Bertz CT molecular complexity index is 707. The number of Topliss-reactive ketones (excluding diaryl/α,β-unsaturated/α-hetero) is 1. The zero-order valence-corrected chi connectivity index (χ0v) is 15.8. The van der Waals surface area contributed by atoms with Crippen LogP contribution in [-0.4, -0.2) is 29.8 Å². The normalized spacial score (nSPS) is 13.1. The van der Waals surface area contributed by atoms with Crippen molar-refractivity contribution in [3.05, 3.63) is 51.6 Å². The lowest BCUT2D eigenvalue weighted by atomic mass is 9.95. The van der Waals surface area contributed by atoms with Crippen molar-refractivity contribution in [1.29, 1.82) is 0 Å². The first-order valence-corrected chi connectivity index (χ1v) is 8.87. The number of benzene rings is 1. The Balaban J connectivity index is 3.46. The van der Waals surface area contributed by atoms with Crippen LogP contribution < -0.4 is 5.43 Å². The van der Waals surface area contributed by atoms with E-state index in [1.807, 2.05) is 13.8 Å². The molecule has 8 heteroatoms. The minimum atomic E-state index is -1.06. The Labute approximate surface area is 157 Å². The molecule has 1 atom stereocenters. The minimum Gasteiger partial charge on any atom is -0.295 e. The summed E-state index contributed by atoms with van der Waals surface area (Å²) in [6.45, 7) is 5.47. The minimum absolute atomic E-state index is 0.00162. The summed E-state index contributed by atoms with van der Waals surface area (Å²) in [4.78, 5) is 34.8. The van der Waals surface area contributed by atoms with Crippen LogP contribution in [0.2, 0.25) is 0 Å². The molecule has 6 nitrogen and oxygen atoms in total. The third-order valence-electron chi connectivity index (χ3n) is 4.17. The van der Waals surface area contributed by atoms with Gasteiger partial charge in [-0.1, -0.05) is 32.4 Å². The van der Waals surface area contributed by atoms with Gasteiger partial charge in [0, 0.05) is 18.5 Å². The third kappa shape index (κ3) is 6.02. The number of rotatable bonds is 12. The van der Waals surface area contributed by atoms with Crippen molar-refractivity contribution >= 4 is 12.2 Å². The number of hydrogen-bond acceptors (Lipinski definition) is 5. The van der Waals surface area contributed by atoms with Gasteiger partial charge in [-0.05, 0) is 36.6 Å². The average Bonchev–Trinajstić information content (AvgIpc) is 2.63. The zero-order valence-electron chi connectivity index (χ0n) is 15.8. The molecule has 27 heavy (non-hydrogen) atoms. The number of ketones is 1. The number of carbonyl (C=O) groups excluding carboxylic acids is 2. The fourth-order valence-electron chi connectivity index (χ4n) is 2.92. The Hall–Kier alpha value is -2.48. The van der Waals surface area contributed by atoms with E-state index in [1.165, 1.54) is 24.1 Å². The molecule has 0 fully saturated rings. The van der Waals surface area contributed by atoms with Crippen LogP contribution in [0, 0.1) is 16.5 Å². The number of amides is 1. The van der Waals surface area contributed by atoms with Crippen LogP contribution in [0.1, 0.15) is 45.6 Å². The summed E-state index contributed by atoms with van der Waals surface area (Å²) in [5, 5.41) is 4.60. The standard InChI is InChI=1S/C19H25F2N3O3/c1-4-7-17(24(10-5-2)22-12-25)19(23-27)15(13(3)26)11-14-8-6-9-16(20)18(14)21/h6,8-9,12,17H,4-5,7,10-11H2,1-3H3,(H,22,25)/b19-15-. The first-order chi connectivity index (χ1) is 12.9. The zero-order chi connectivity index (χ0) is 20.4. The van der Waals surface area contributed by atoms with E-state index >= 15 is 0 Å². The highest BCUT2D eigenvalue weighted by atomic mass is 19.2. The molecule has 1 rings (SSSR count). The number of hydrogen-bond donors (Lipinski definition) is 1. The highest BCUT2D eigenvalue weighted by molar-refractivity contribution is 5.94. The van der Waals surface area contributed by atoms with E-state index in [4.69, 9.17) is 0 Å². The molecule has 0 aliphatic rings. The smallest absolute Gasteiger partial charge is 0.221 e. The van der Waals surface area contributed by atoms with Gasteiger partial charge in [0.2, 0.25) is 6.41 Å². The maximum Gasteiger partial charge on any atom is 0.221 e. The van der Waals surface area contributed by atoms with E-state index in [1.54, 1.807) is 0 Å². The van der Waals surface area contributed by atoms with Crippen LogP contribution in [0.3, 0.4) is 0 Å². The molecule has 0 bridgehead atoms. The summed E-state index contributed by atoms with van der Waals surface area (Å²) in [6.07, 6.45) is 2.01. The number of halogens is 2. The van der Waals surface area contributed by atoms with E-state index in [0.29, 0.717) is 32.2 Å². The van der Waals surface area contributed by atoms with Crippen molar-refractivity contribution < 1.29 is 18.4 Å². The molecular weight excluding hydrogens is 356 g/mol. The predicted molar refractivity (Wildman–Crippen MR) is 98.5 cm³/mol. The van der Waals surface area contributed by atoms with Crippen LogP contribution in [0.15, 0.2) is 34.6 Å². The lowest BCUT2D eigenvalue weighted by molar-refractivity contribution is -0.114. The van der Waals surface area contributed by atoms with Gasteiger partial charge in [0.1, 0.15) is 5.70 Å². The summed E-state index contributed by atoms with van der Waals surface area (Å²) in [6, 6.07) is 3.02. The van der Waals surface area contributed by atoms with Crippen molar-refractivity contribution in [3.8, 4) is 0 Å². The molecular formula is C19H25F2N3O3. The SMILES string of the molecule is CCCC(/C(N=O)=C(\Cc1cccc(F)c1F)C(C)=O)N(CCC)NC=O. The molecule has 0 aromatic heterocycles. The summed E-state index contributed by atoms with van der Waals surface area (Å²) in [7, 11) is 0. The molecule has 1 N–H and O–H groups in total. The second kappa shape index (κ2) is 11.3. The summed E-state index contributed by atoms with van der Waals surface area (Å²) in [5.41, 5.74) is 2.42. The topological polar surface area (TPSA) is 78.8 Å². The van der Waals surface area contributed by atoms with Crippen molar-refractivity contribution in [2.24, 2.45) is 5.18 Å². The van der Waals surface area contributed by atoms with Crippen LogP contribution in [0.4, 0.5) is 8.78 Å². The third-order valence-corrected chi connectivity index (χ3v) is 4.17. The Morgan fingerprint density at radius 1 is 1.30 bits per heavy atom. The Morgan fingerprint density at radius 2 is 2.00 bits per heavy atom. The predicted octanol–water partition coefficient (Wildman–Crippen LogP) is 3.66. The first-order valence-electron chi connectivity index (χ1n) is 8.87. The molecule has 1 amide bonds. The van der Waals surface area contributed by atoms with Crippen molar-refractivity contribution in [2.45, 2.75) is 52.5 Å². The van der Waals surface area contributed by atoms with Gasteiger partial charge < -0.3 is 0 Å². The number of carbonyl (C=O) groups is 2. The molecule has 148 valence electrons. The summed E-state index contributed by atoms with van der Waals surface area (Å²) < 4.78 is 27.6. The number of allylic oxidation sites excluding steroid dienone is 1. The number of nitrogens with one attached hydrogen (secondary N) is 1. The molecule has 0 aliphatic heterocycles. The Morgan fingerprint density at radius 3 is 2.52 bits per heavy atom. The number of nitrogens with zero attached hydrogens (tertiary/aromatic N) is 2. The molecule has 0 saturated heterocycles. The fourth-order valence-corrected chi connectivity index (χ4v) is 2.92. The molecule has 0 heterocycles. The molecule has 1 unspecified atom stereocenters. The van der Waals surface area contributed by atoms with E-state index in [-0.39, 0.29) is 23.3 Å². The molecule has 0 saturated carbocycles. The summed E-state index contributed by atoms with van der Waals surface area (Å²) in [5.74, 6) is -2.56. The van der Waals surface area contributed by atoms with Gasteiger partial charge in [-0.2, -0.15) is 0 Å². The van der Waals surface area contributed by atoms with Gasteiger partial charge in [0.05, 0.1) is 6.04 Å². The van der Waals surface area contributed by atoms with E-state index < -0.39 is 23.5 Å². The average molecular weight is 381 g/mol. The molecule has 0 spiro atoms. The largest absolute Gasteiger partial charge is 0.295 e. The van der Waals surface area contributed by atoms with Crippen molar-refractivity contribution in [1.82, 2.24) is 10.4 Å². The van der Waals surface area contributed by atoms with Crippen LogP contribution >= 0.6 is 0 Å². The second-order valence-corrected chi connectivity index (χ2v) is 6.15. The van der Waals surface area contributed by atoms with Gasteiger partial charge >= 0.3 is 0 Å². The van der Waals surface area contributed by atoms with E-state index in [2.05, 4.69) is 10.6 Å². The van der Waals surface area contributed by atoms with E-state index in [0.717, 1.165) is 6.07 Å². The lowest BCUT2D eigenvalue weighted by Gasteiger charge is -2.30. The van der Waals surface area contributed by atoms with E-state index in [9.17, 15) is 23.3 Å². The quantitative estimate of drug-likeness (QED) is 0.259. The highest BCUT2D eigenvalue weighted by Gasteiger charge is 2.28. The van der Waals surface area contributed by atoms with Gasteiger partial charge in [-0.3, -0.25) is 15.0 Å². The maximum atomic E-state index is 14.1. The van der Waals surface area contributed by atoms with Gasteiger partial charge in [0.15, 0.2) is 17.4 Å². The molecule has 1 aromatic rings. The Kier molecular flexibility index (Phi) is 9.42. The fraction of sp³-hybridized carbons (Fsp3) is 0.474. The molecule has 1 aromatic carbocycles.